The van der Waals surface area contributed by atoms with Crippen LogP contribution in [0.4, 0.5) is 0 Å². The Morgan fingerprint density at radius 2 is 1.86 bits per heavy atom. The van der Waals surface area contributed by atoms with Crippen molar-refractivity contribution < 1.29 is 24.2 Å². The van der Waals surface area contributed by atoms with E-state index in [1.165, 1.54) is 0 Å². The third-order valence-electron chi connectivity index (χ3n) is 2.99. The van der Waals surface area contributed by atoms with Crippen molar-refractivity contribution in [1.82, 2.24) is 15.1 Å². The molecule has 8 heteroatoms. The second-order valence-corrected chi connectivity index (χ2v) is 4.64. The van der Waals surface area contributed by atoms with E-state index in [4.69, 9.17) is 9.84 Å². The number of carboxylic acid groups (broad SMARTS) is 1. The molecule has 8 nitrogen and oxygen atoms in total. The summed E-state index contributed by atoms with van der Waals surface area (Å²) in [6, 6.07) is 0. The molecule has 1 heterocycles. The zero-order chi connectivity index (χ0) is 15.7. The van der Waals surface area contributed by atoms with E-state index in [9.17, 15) is 14.4 Å². The molecular formula is C13H21N3O5. The van der Waals surface area contributed by atoms with Crippen molar-refractivity contribution in [1.29, 1.82) is 0 Å². The van der Waals surface area contributed by atoms with Crippen LogP contribution in [0.3, 0.4) is 0 Å². The molecule has 1 fully saturated rings. The van der Waals surface area contributed by atoms with Gasteiger partial charge in [0.1, 0.15) is 13.2 Å². The summed E-state index contributed by atoms with van der Waals surface area (Å²) in [5.74, 6) is -1.40. The van der Waals surface area contributed by atoms with Crippen LogP contribution in [-0.2, 0) is 19.1 Å². The van der Waals surface area contributed by atoms with Crippen molar-refractivity contribution in [2.24, 2.45) is 0 Å². The van der Waals surface area contributed by atoms with Gasteiger partial charge in [-0.25, -0.2) is 4.79 Å². The molecule has 118 valence electrons. The second-order valence-electron chi connectivity index (χ2n) is 4.64. The first-order chi connectivity index (χ1) is 10.0. The Labute approximate surface area is 123 Å². The number of rotatable bonds is 8. The number of carboxylic acids is 1. The molecule has 1 rings (SSSR count). The molecule has 21 heavy (non-hydrogen) atoms. The highest BCUT2D eigenvalue weighted by molar-refractivity contribution is 5.79. The Bertz CT molecular complexity index is 391. The van der Waals surface area contributed by atoms with Gasteiger partial charge in [0.25, 0.3) is 0 Å². The standard InChI is InChI=1S/C13H21N3O5/c1-2-3-14-11(17)8-15-4-6-16(7-5-15)12(18)9-21-10-13(19)20/h2H,1,3-10H2,(H,14,17)(H,19,20). The van der Waals surface area contributed by atoms with Crippen LogP contribution in [0.2, 0.25) is 0 Å². The highest BCUT2D eigenvalue weighted by atomic mass is 16.5. The number of nitrogens with zero attached hydrogens (tertiary/aromatic N) is 2. The van der Waals surface area contributed by atoms with E-state index in [0.29, 0.717) is 39.3 Å². The molecule has 0 radical (unpaired) electrons. The number of piperazine rings is 1. The van der Waals surface area contributed by atoms with Crippen LogP contribution in [0.1, 0.15) is 0 Å². The van der Waals surface area contributed by atoms with E-state index < -0.39 is 12.6 Å². The zero-order valence-electron chi connectivity index (χ0n) is 11.9. The van der Waals surface area contributed by atoms with Crippen molar-refractivity contribution in [3.8, 4) is 0 Å². The molecule has 1 saturated heterocycles. The minimum atomic E-state index is -1.10. The largest absolute Gasteiger partial charge is 0.480 e. The van der Waals surface area contributed by atoms with Gasteiger partial charge < -0.3 is 20.1 Å². The average molecular weight is 299 g/mol. The molecule has 0 aliphatic carbocycles. The lowest BCUT2D eigenvalue weighted by atomic mass is 10.3. The lowest BCUT2D eigenvalue weighted by molar-refractivity contribution is -0.146. The summed E-state index contributed by atoms with van der Waals surface area (Å²) in [5.41, 5.74) is 0. The topological polar surface area (TPSA) is 99.2 Å². The molecule has 2 N–H and O–H groups in total. The van der Waals surface area contributed by atoms with Gasteiger partial charge in [-0.1, -0.05) is 6.08 Å². The number of hydrogen-bond donors (Lipinski definition) is 2. The van der Waals surface area contributed by atoms with E-state index in [2.05, 4.69) is 11.9 Å². The summed E-state index contributed by atoms with van der Waals surface area (Å²) in [6.45, 7) is 5.77. The molecule has 0 unspecified atom stereocenters. The second kappa shape index (κ2) is 9.09. The number of hydrogen-bond acceptors (Lipinski definition) is 5. The van der Waals surface area contributed by atoms with Crippen LogP contribution >= 0.6 is 0 Å². The summed E-state index contributed by atoms with van der Waals surface area (Å²) >= 11 is 0. The van der Waals surface area contributed by atoms with Crippen molar-refractivity contribution in [3.63, 3.8) is 0 Å². The molecular weight excluding hydrogens is 278 g/mol. The van der Waals surface area contributed by atoms with Gasteiger partial charge in [0.05, 0.1) is 6.54 Å². The van der Waals surface area contributed by atoms with Crippen LogP contribution < -0.4 is 5.32 Å². The smallest absolute Gasteiger partial charge is 0.329 e. The van der Waals surface area contributed by atoms with Crippen molar-refractivity contribution in [2.45, 2.75) is 0 Å². The van der Waals surface area contributed by atoms with Gasteiger partial charge >= 0.3 is 5.97 Å². The highest BCUT2D eigenvalue weighted by Gasteiger charge is 2.22. The number of aliphatic carboxylic acids is 1. The molecule has 2 amide bonds. The summed E-state index contributed by atoms with van der Waals surface area (Å²) in [6.07, 6.45) is 1.62. The Morgan fingerprint density at radius 1 is 1.19 bits per heavy atom. The van der Waals surface area contributed by atoms with Crippen LogP contribution in [0.15, 0.2) is 12.7 Å². The maximum absolute atomic E-state index is 11.7. The number of ether oxygens (including phenoxy) is 1. The van der Waals surface area contributed by atoms with Gasteiger partial charge in [-0.05, 0) is 0 Å². The van der Waals surface area contributed by atoms with Crippen molar-refractivity contribution in [3.05, 3.63) is 12.7 Å². The van der Waals surface area contributed by atoms with E-state index in [1.807, 2.05) is 4.90 Å². The predicted molar refractivity (Wildman–Crippen MR) is 74.7 cm³/mol. The first-order valence-electron chi connectivity index (χ1n) is 6.70. The Hall–Kier alpha value is -1.93. The fourth-order valence-corrected chi connectivity index (χ4v) is 1.92. The SMILES string of the molecule is C=CCNC(=O)CN1CCN(C(=O)COCC(=O)O)CC1. The van der Waals surface area contributed by atoms with Crippen molar-refractivity contribution in [2.75, 3.05) is 52.5 Å². The minimum Gasteiger partial charge on any atom is -0.480 e. The minimum absolute atomic E-state index is 0.0699. The van der Waals surface area contributed by atoms with E-state index in [1.54, 1.807) is 11.0 Å². The lowest BCUT2D eigenvalue weighted by Gasteiger charge is -2.34. The molecule has 1 aliphatic heterocycles. The first-order valence-corrected chi connectivity index (χ1v) is 6.70. The van der Waals surface area contributed by atoms with Crippen molar-refractivity contribution >= 4 is 17.8 Å². The quantitative estimate of drug-likeness (QED) is 0.531. The predicted octanol–water partition coefficient (Wildman–Crippen LogP) is -1.47. The summed E-state index contributed by atoms with van der Waals surface area (Å²) < 4.78 is 4.77. The number of carbonyl (C=O) groups is 3. The molecule has 1 aliphatic rings. The maximum Gasteiger partial charge on any atom is 0.329 e. The fourth-order valence-electron chi connectivity index (χ4n) is 1.92. The van der Waals surface area contributed by atoms with Gasteiger partial charge in [0.15, 0.2) is 0 Å². The van der Waals surface area contributed by atoms with Gasteiger partial charge in [-0.15, -0.1) is 6.58 Å². The highest BCUT2D eigenvalue weighted by Crippen LogP contribution is 2.02. The molecule has 0 aromatic carbocycles. The monoisotopic (exact) mass is 299 g/mol. The third kappa shape index (κ3) is 6.87. The van der Waals surface area contributed by atoms with Gasteiger partial charge in [0.2, 0.25) is 11.8 Å². The zero-order valence-corrected chi connectivity index (χ0v) is 11.9. The molecule has 0 saturated carbocycles. The van der Waals surface area contributed by atoms with Gasteiger partial charge in [0, 0.05) is 32.7 Å². The first kappa shape index (κ1) is 17.1. The number of nitrogens with one attached hydrogen (secondary N) is 1. The third-order valence-corrected chi connectivity index (χ3v) is 2.99. The van der Waals surface area contributed by atoms with Crippen LogP contribution in [0.5, 0.6) is 0 Å². The number of carbonyl (C=O) groups excluding carboxylic acids is 2. The Morgan fingerprint density at radius 3 is 2.43 bits per heavy atom. The Balaban J connectivity index is 2.22. The molecule has 0 bridgehead atoms. The molecule has 0 atom stereocenters. The number of amides is 2. The van der Waals surface area contributed by atoms with Gasteiger partial charge in [-0.3, -0.25) is 14.5 Å². The van der Waals surface area contributed by atoms with Crippen LogP contribution in [0.25, 0.3) is 0 Å². The van der Waals surface area contributed by atoms with Crippen LogP contribution in [-0.4, -0.2) is 85.2 Å². The molecule has 0 spiro atoms. The van der Waals surface area contributed by atoms with E-state index in [0.717, 1.165) is 0 Å². The summed E-state index contributed by atoms with van der Waals surface area (Å²) in [5, 5.41) is 11.1. The normalized spacial score (nSPS) is 15.5. The van der Waals surface area contributed by atoms with Gasteiger partial charge in [-0.2, -0.15) is 0 Å². The maximum atomic E-state index is 11.7. The summed E-state index contributed by atoms with van der Waals surface area (Å²) in [4.78, 5) is 37.1. The summed E-state index contributed by atoms with van der Waals surface area (Å²) in [7, 11) is 0. The molecule has 0 aromatic rings. The van der Waals surface area contributed by atoms with E-state index >= 15 is 0 Å². The molecule has 0 aromatic heterocycles. The average Bonchev–Trinajstić information content (AvgIpc) is 2.45. The Kier molecular flexibility index (Phi) is 7.41. The van der Waals surface area contributed by atoms with E-state index in [-0.39, 0.29) is 18.4 Å². The van der Waals surface area contributed by atoms with Crippen LogP contribution in [0, 0.1) is 0 Å². The fraction of sp³-hybridized carbons (Fsp3) is 0.615. The lowest BCUT2D eigenvalue weighted by Crippen LogP contribution is -2.51.